The van der Waals surface area contributed by atoms with Crippen molar-refractivity contribution in [2.45, 2.75) is 43.7 Å². The molecule has 0 bridgehead atoms. The summed E-state index contributed by atoms with van der Waals surface area (Å²) in [6.45, 7) is 8.12. The fraction of sp³-hybridized carbons (Fsp3) is 0.381. The third kappa shape index (κ3) is 5.71. The third-order valence-electron chi connectivity index (χ3n) is 3.89. The summed E-state index contributed by atoms with van der Waals surface area (Å²) in [7, 11) is 3.71. The van der Waals surface area contributed by atoms with Crippen LogP contribution in [0.2, 0.25) is 0 Å². The number of hydrogen-bond acceptors (Lipinski definition) is 4. The SMILES string of the molecule is CC(C)(C)SS[C@@H]1CC(=O)N(Cc2ccc(Oc3ccccc3)cc2)C1. The van der Waals surface area contributed by atoms with Crippen LogP contribution in [0, 0.1) is 0 Å². The lowest BCUT2D eigenvalue weighted by Crippen LogP contribution is -2.24. The third-order valence-corrected chi connectivity index (χ3v) is 7.68. The minimum atomic E-state index is 0.218. The molecule has 1 atom stereocenters. The fourth-order valence-electron chi connectivity index (χ4n) is 2.67. The van der Waals surface area contributed by atoms with Crippen LogP contribution in [0.3, 0.4) is 0 Å². The second-order valence-electron chi connectivity index (χ2n) is 7.45. The van der Waals surface area contributed by atoms with Gasteiger partial charge in [0, 0.05) is 29.5 Å². The van der Waals surface area contributed by atoms with Gasteiger partial charge in [-0.1, -0.05) is 72.7 Å². The topological polar surface area (TPSA) is 29.5 Å². The van der Waals surface area contributed by atoms with Gasteiger partial charge in [-0.3, -0.25) is 4.79 Å². The van der Waals surface area contributed by atoms with Crippen molar-refractivity contribution in [3.63, 3.8) is 0 Å². The number of amides is 1. The predicted molar refractivity (Wildman–Crippen MR) is 112 cm³/mol. The summed E-state index contributed by atoms with van der Waals surface area (Å²) in [5, 5.41) is 0.382. The Morgan fingerprint density at radius 2 is 1.69 bits per heavy atom. The van der Waals surface area contributed by atoms with Gasteiger partial charge in [-0.2, -0.15) is 0 Å². The number of nitrogens with zero attached hydrogens (tertiary/aromatic N) is 1. The van der Waals surface area contributed by atoms with Crippen molar-refractivity contribution >= 4 is 27.5 Å². The Labute approximate surface area is 163 Å². The Hall–Kier alpha value is -1.59. The molecule has 0 saturated carbocycles. The quantitative estimate of drug-likeness (QED) is 0.589. The van der Waals surface area contributed by atoms with Crippen molar-refractivity contribution in [2.75, 3.05) is 6.54 Å². The van der Waals surface area contributed by atoms with Crippen molar-refractivity contribution in [1.82, 2.24) is 4.90 Å². The lowest BCUT2D eigenvalue weighted by Gasteiger charge is -2.20. The molecule has 0 aromatic heterocycles. The number of carbonyl (C=O) groups excluding carboxylic acids is 1. The first-order valence-corrected chi connectivity index (χ1v) is 11.0. The number of ether oxygens (including phenoxy) is 1. The lowest BCUT2D eigenvalue weighted by atomic mass is 10.2. The molecule has 2 aromatic rings. The minimum absolute atomic E-state index is 0.218. The van der Waals surface area contributed by atoms with Crippen LogP contribution in [0.4, 0.5) is 0 Å². The molecule has 0 N–H and O–H groups in total. The van der Waals surface area contributed by atoms with Crippen LogP contribution in [0.25, 0.3) is 0 Å². The van der Waals surface area contributed by atoms with Crippen LogP contribution in [0.1, 0.15) is 32.8 Å². The molecule has 1 fully saturated rings. The monoisotopic (exact) mass is 387 g/mol. The Balaban J connectivity index is 1.53. The molecular formula is C21H25NO2S2. The van der Waals surface area contributed by atoms with E-state index in [0.717, 1.165) is 23.6 Å². The first-order chi connectivity index (χ1) is 12.4. The highest BCUT2D eigenvalue weighted by molar-refractivity contribution is 8.77. The standard InChI is InChI=1S/C21H25NO2S2/c1-21(2,3)26-25-19-13-20(23)22(15-19)14-16-9-11-18(12-10-16)24-17-7-5-4-6-8-17/h4-12,19H,13-15H2,1-3H3/t19-/m1/s1. The molecule has 1 heterocycles. The molecule has 3 nitrogen and oxygen atoms in total. The molecule has 1 amide bonds. The molecule has 3 rings (SSSR count). The van der Waals surface area contributed by atoms with Crippen molar-refractivity contribution in [3.05, 3.63) is 60.2 Å². The van der Waals surface area contributed by atoms with Crippen molar-refractivity contribution in [2.24, 2.45) is 0 Å². The van der Waals surface area contributed by atoms with Gasteiger partial charge in [-0.05, 0) is 29.8 Å². The highest BCUT2D eigenvalue weighted by Crippen LogP contribution is 2.41. The number of carbonyl (C=O) groups is 1. The highest BCUT2D eigenvalue weighted by Gasteiger charge is 2.31. The van der Waals surface area contributed by atoms with E-state index in [4.69, 9.17) is 4.74 Å². The van der Waals surface area contributed by atoms with Crippen LogP contribution in [0.15, 0.2) is 54.6 Å². The zero-order valence-corrected chi connectivity index (χ0v) is 17.1. The van der Waals surface area contributed by atoms with Gasteiger partial charge in [-0.25, -0.2) is 0 Å². The van der Waals surface area contributed by atoms with E-state index in [2.05, 4.69) is 20.8 Å². The van der Waals surface area contributed by atoms with Crippen molar-refractivity contribution < 1.29 is 9.53 Å². The van der Waals surface area contributed by atoms with Gasteiger partial charge in [0.25, 0.3) is 0 Å². The van der Waals surface area contributed by atoms with E-state index in [-0.39, 0.29) is 10.7 Å². The molecule has 26 heavy (non-hydrogen) atoms. The number of benzene rings is 2. The molecule has 0 unspecified atom stereocenters. The van der Waals surface area contributed by atoms with Crippen LogP contribution >= 0.6 is 21.6 Å². The molecule has 1 aliphatic rings. The van der Waals surface area contributed by atoms with E-state index in [1.54, 1.807) is 0 Å². The van der Waals surface area contributed by atoms with E-state index in [1.807, 2.05) is 81.1 Å². The molecule has 2 aromatic carbocycles. The largest absolute Gasteiger partial charge is 0.457 e. The summed E-state index contributed by atoms with van der Waals surface area (Å²) in [5.74, 6) is 1.88. The van der Waals surface area contributed by atoms with Gasteiger partial charge in [0.1, 0.15) is 11.5 Å². The average Bonchev–Trinajstić information content (AvgIpc) is 2.95. The average molecular weight is 388 g/mol. The van der Waals surface area contributed by atoms with Crippen molar-refractivity contribution in [3.8, 4) is 11.5 Å². The van der Waals surface area contributed by atoms with E-state index >= 15 is 0 Å². The van der Waals surface area contributed by atoms with Gasteiger partial charge in [0.2, 0.25) is 5.91 Å². The smallest absolute Gasteiger partial charge is 0.224 e. The maximum atomic E-state index is 12.3. The summed E-state index contributed by atoms with van der Waals surface area (Å²) < 4.78 is 6.04. The van der Waals surface area contributed by atoms with E-state index in [9.17, 15) is 4.79 Å². The number of hydrogen-bond donors (Lipinski definition) is 0. The highest BCUT2D eigenvalue weighted by atomic mass is 33.1. The Morgan fingerprint density at radius 1 is 1.04 bits per heavy atom. The first kappa shape index (κ1) is 19.2. The molecule has 1 aliphatic heterocycles. The van der Waals surface area contributed by atoms with Crippen LogP contribution < -0.4 is 4.74 Å². The molecular weight excluding hydrogens is 362 g/mol. The van der Waals surface area contributed by atoms with Crippen LogP contribution in [-0.4, -0.2) is 27.3 Å². The Kier molecular flexibility index (Phi) is 6.20. The molecule has 0 spiro atoms. The van der Waals surface area contributed by atoms with Gasteiger partial charge in [-0.15, -0.1) is 0 Å². The second kappa shape index (κ2) is 8.40. The minimum Gasteiger partial charge on any atom is -0.457 e. The van der Waals surface area contributed by atoms with Gasteiger partial charge < -0.3 is 9.64 Å². The van der Waals surface area contributed by atoms with Crippen LogP contribution in [-0.2, 0) is 11.3 Å². The maximum Gasteiger partial charge on any atom is 0.224 e. The Bertz CT molecular complexity index is 726. The lowest BCUT2D eigenvalue weighted by molar-refractivity contribution is -0.128. The van der Waals surface area contributed by atoms with E-state index in [1.165, 1.54) is 0 Å². The molecule has 0 aliphatic carbocycles. The zero-order chi connectivity index (χ0) is 18.6. The second-order valence-corrected chi connectivity index (χ2v) is 10.8. The van der Waals surface area contributed by atoms with Crippen molar-refractivity contribution in [1.29, 1.82) is 0 Å². The van der Waals surface area contributed by atoms with Crippen LogP contribution in [0.5, 0.6) is 11.5 Å². The summed E-state index contributed by atoms with van der Waals surface area (Å²) in [4.78, 5) is 14.3. The predicted octanol–water partition coefficient (Wildman–Crippen LogP) is 5.76. The number of likely N-dealkylation sites (tertiary alicyclic amines) is 1. The molecule has 1 saturated heterocycles. The molecule has 5 heteroatoms. The first-order valence-electron chi connectivity index (χ1n) is 8.83. The van der Waals surface area contributed by atoms with Gasteiger partial charge >= 0.3 is 0 Å². The van der Waals surface area contributed by atoms with Gasteiger partial charge in [0.05, 0.1) is 0 Å². The van der Waals surface area contributed by atoms with E-state index < -0.39 is 0 Å². The number of para-hydroxylation sites is 1. The van der Waals surface area contributed by atoms with Gasteiger partial charge in [0.15, 0.2) is 0 Å². The number of rotatable bonds is 6. The maximum absolute atomic E-state index is 12.3. The summed E-state index contributed by atoms with van der Waals surface area (Å²) in [6, 6.07) is 17.7. The summed E-state index contributed by atoms with van der Waals surface area (Å²) in [5.41, 5.74) is 1.13. The van der Waals surface area contributed by atoms with E-state index in [0.29, 0.717) is 18.2 Å². The molecule has 0 radical (unpaired) electrons. The normalized spacial score (nSPS) is 17.6. The summed E-state index contributed by atoms with van der Waals surface area (Å²) in [6.07, 6.45) is 0.642. The zero-order valence-electron chi connectivity index (χ0n) is 15.5. The fourth-order valence-corrected chi connectivity index (χ4v) is 5.21. The molecule has 138 valence electrons. The Morgan fingerprint density at radius 3 is 2.35 bits per heavy atom. The summed E-state index contributed by atoms with van der Waals surface area (Å²) >= 11 is 0.